The molecule has 0 atom stereocenters. The largest absolute Gasteiger partial charge is 0.370 e. The van der Waals surface area contributed by atoms with Crippen molar-refractivity contribution in [3.05, 3.63) is 64.1 Å². The number of nitrogens with zero attached hydrogens (tertiary/aromatic N) is 1. The van der Waals surface area contributed by atoms with Gasteiger partial charge in [0.05, 0.1) is 0 Å². The summed E-state index contributed by atoms with van der Waals surface area (Å²) in [6.07, 6.45) is 0. The van der Waals surface area contributed by atoms with E-state index in [-0.39, 0.29) is 0 Å². The fraction of sp³-hybridized carbons (Fsp3) is 0.250. The van der Waals surface area contributed by atoms with Crippen molar-refractivity contribution in [2.75, 3.05) is 19.0 Å². The maximum Gasteiger partial charge on any atom is 0.0426 e. The van der Waals surface area contributed by atoms with Gasteiger partial charge in [-0.05, 0) is 30.3 Å². The fourth-order valence-electron chi connectivity index (χ4n) is 2.17. The third-order valence-corrected chi connectivity index (χ3v) is 3.58. The van der Waals surface area contributed by atoms with Gasteiger partial charge in [0.25, 0.3) is 0 Å². The predicted molar refractivity (Wildman–Crippen MR) is 85.5 cm³/mol. The molecule has 0 bridgehead atoms. The molecule has 3 heteroatoms. The number of benzene rings is 2. The van der Waals surface area contributed by atoms with Crippen molar-refractivity contribution >= 4 is 21.6 Å². The maximum atomic E-state index is 3.55. The van der Waals surface area contributed by atoms with E-state index >= 15 is 0 Å². The summed E-state index contributed by atoms with van der Waals surface area (Å²) < 4.78 is 1.11. The molecular weight excluding hydrogens is 300 g/mol. The summed E-state index contributed by atoms with van der Waals surface area (Å²) >= 11 is 3.55. The molecule has 0 fully saturated rings. The SMILES string of the molecule is CNCc1ccc(Br)cc1N(C)Cc1ccccc1. The van der Waals surface area contributed by atoms with Crippen LogP contribution in [0.5, 0.6) is 0 Å². The zero-order chi connectivity index (χ0) is 13.7. The van der Waals surface area contributed by atoms with E-state index in [1.54, 1.807) is 0 Å². The molecule has 0 saturated carbocycles. The van der Waals surface area contributed by atoms with Crippen LogP contribution >= 0.6 is 15.9 Å². The summed E-state index contributed by atoms with van der Waals surface area (Å²) in [5.74, 6) is 0. The van der Waals surface area contributed by atoms with Gasteiger partial charge in [-0.15, -0.1) is 0 Å². The first-order chi connectivity index (χ1) is 9.20. The minimum Gasteiger partial charge on any atom is -0.370 e. The monoisotopic (exact) mass is 318 g/mol. The molecule has 0 saturated heterocycles. The van der Waals surface area contributed by atoms with Gasteiger partial charge in [0.2, 0.25) is 0 Å². The smallest absolute Gasteiger partial charge is 0.0426 e. The molecule has 0 aromatic heterocycles. The van der Waals surface area contributed by atoms with Crippen LogP contribution in [-0.2, 0) is 13.1 Å². The van der Waals surface area contributed by atoms with Crippen LogP contribution in [0.25, 0.3) is 0 Å². The van der Waals surface area contributed by atoms with Crippen molar-refractivity contribution in [3.63, 3.8) is 0 Å². The van der Waals surface area contributed by atoms with Gasteiger partial charge < -0.3 is 10.2 Å². The Labute approximate surface area is 123 Å². The second-order valence-corrected chi connectivity index (χ2v) is 5.56. The number of hydrogen-bond donors (Lipinski definition) is 1. The van der Waals surface area contributed by atoms with Gasteiger partial charge in [0, 0.05) is 30.3 Å². The first-order valence-electron chi connectivity index (χ1n) is 6.39. The highest BCUT2D eigenvalue weighted by Crippen LogP contribution is 2.25. The number of nitrogens with one attached hydrogen (secondary N) is 1. The Morgan fingerprint density at radius 3 is 2.53 bits per heavy atom. The van der Waals surface area contributed by atoms with E-state index in [0.29, 0.717) is 0 Å². The molecule has 1 N–H and O–H groups in total. The standard InChI is InChI=1S/C16H19BrN2/c1-18-11-14-8-9-15(17)10-16(14)19(2)12-13-6-4-3-5-7-13/h3-10,18H,11-12H2,1-2H3. The number of rotatable bonds is 5. The van der Waals surface area contributed by atoms with Crippen LogP contribution in [0.15, 0.2) is 53.0 Å². The molecule has 2 nitrogen and oxygen atoms in total. The molecular formula is C16H19BrN2. The van der Waals surface area contributed by atoms with Crippen LogP contribution < -0.4 is 10.2 Å². The van der Waals surface area contributed by atoms with Gasteiger partial charge in [-0.25, -0.2) is 0 Å². The van der Waals surface area contributed by atoms with Crippen molar-refractivity contribution < 1.29 is 0 Å². The maximum absolute atomic E-state index is 3.55. The molecule has 19 heavy (non-hydrogen) atoms. The number of anilines is 1. The first kappa shape index (κ1) is 14.1. The van der Waals surface area contributed by atoms with Crippen molar-refractivity contribution in [1.29, 1.82) is 0 Å². The Morgan fingerprint density at radius 1 is 1.11 bits per heavy atom. The third kappa shape index (κ3) is 3.82. The molecule has 0 aliphatic carbocycles. The molecule has 2 aromatic carbocycles. The summed E-state index contributed by atoms with van der Waals surface area (Å²) in [5, 5.41) is 3.22. The van der Waals surface area contributed by atoms with E-state index in [9.17, 15) is 0 Å². The first-order valence-corrected chi connectivity index (χ1v) is 7.18. The molecule has 0 unspecified atom stereocenters. The second kappa shape index (κ2) is 6.73. The van der Waals surface area contributed by atoms with Crippen molar-refractivity contribution in [3.8, 4) is 0 Å². The van der Waals surface area contributed by atoms with Crippen LogP contribution in [0.1, 0.15) is 11.1 Å². The van der Waals surface area contributed by atoms with Gasteiger partial charge in [-0.3, -0.25) is 0 Å². The Morgan fingerprint density at radius 2 is 1.84 bits per heavy atom. The molecule has 2 rings (SSSR count). The van der Waals surface area contributed by atoms with E-state index < -0.39 is 0 Å². The average Bonchev–Trinajstić information content (AvgIpc) is 2.42. The highest BCUT2D eigenvalue weighted by molar-refractivity contribution is 9.10. The van der Waals surface area contributed by atoms with Gasteiger partial charge in [0.1, 0.15) is 0 Å². The third-order valence-electron chi connectivity index (χ3n) is 3.09. The summed E-state index contributed by atoms with van der Waals surface area (Å²) in [6.45, 7) is 1.79. The zero-order valence-corrected chi connectivity index (χ0v) is 12.9. The summed E-state index contributed by atoms with van der Waals surface area (Å²) in [4.78, 5) is 2.28. The summed E-state index contributed by atoms with van der Waals surface area (Å²) in [7, 11) is 4.11. The average molecular weight is 319 g/mol. The van der Waals surface area contributed by atoms with Gasteiger partial charge in [-0.2, -0.15) is 0 Å². The minimum absolute atomic E-state index is 0.877. The molecule has 0 aliphatic rings. The lowest BCUT2D eigenvalue weighted by molar-refractivity contribution is 0.805. The zero-order valence-electron chi connectivity index (χ0n) is 11.4. The highest BCUT2D eigenvalue weighted by atomic mass is 79.9. The van der Waals surface area contributed by atoms with Crippen molar-refractivity contribution in [1.82, 2.24) is 5.32 Å². The Hall–Kier alpha value is -1.32. The van der Waals surface area contributed by atoms with Crippen LogP contribution in [0, 0.1) is 0 Å². The quantitative estimate of drug-likeness (QED) is 0.902. The minimum atomic E-state index is 0.877. The lowest BCUT2D eigenvalue weighted by Crippen LogP contribution is -2.19. The van der Waals surface area contributed by atoms with E-state index in [2.05, 4.69) is 81.7 Å². The van der Waals surface area contributed by atoms with Crippen LogP contribution in [0.4, 0.5) is 5.69 Å². The Kier molecular flexibility index (Phi) is 5.00. The molecule has 0 aliphatic heterocycles. The van der Waals surface area contributed by atoms with E-state index in [1.165, 1.54) is 16.8 Å². The lowest BCUT2D eigenvalue weighted by atomic mass is 10.1. The molecule has 0 radical (unpaired) electrons. The van der Waals surface area contributed by atoms with E-state index in [4.69, 9.17) is 0 Å². The highest BCUT2D eigenvalue weighted by Gasteiger charge is 2.08. The van der Waals surface area contributed by atoms with Crippen molar-refractivity contribution in [2.24, 2.45) is 0 Å². The van der Waals surface area contributed by atoms with Crippen LogP contribution in [0.2, 0.25) is 0 Å². The fourth-order valence-corrected chi connectivity index (χ4v) is 2.52. The van der Waals surface area contributed by atoms with Gasteiger partial charge in [-0.1, -0.05) is 52.3 Å². The Balaban J connectivity index is 2.22. The van der Waals surface area contributed by atoms with Crippen LogP contribution in [0.3, 0.4) is 0 Å². The Bertz CT molecular complexity index is 526. The lowest BCUT2D eigenvalue weighted by Gasteiger charge is -2.23. The van der Waals surface area contributed by atoms with Crippen LogP contribution in [-0.4, -0.2) is 14.1 Å². The molecule has 2 aromatic rings. The molecule has 0 amide bonds. The van der Waals surface area contributed by atoms with Gasteiger partial charge >= 0.3 is 0 Å². The topological polar surface area (TPSA) is 15.3 Å². The number of halogens is 1. The number of hydrogen-bond acceptors (Lipinski definition) is 2. The summed E-state index contributed by atoms with van der Waals surface area (Å²) in [6, 6.07) is 17.0. The predicted octanol–water partition coefficient (Wildman–Crippen LogP) is 3.80. The van der Waals surface area contributed by atoms with Crippen molar-refractivity contribution in [2.45, 2.75) is 13.1 Å². The molecule has 100 valence electrons. The van der Waals surface area contributed by atoms with Gasteiger partial charge in [0.15, 0.2) is 0 Å². The normalized spacial score (nSPS) is 10.5. The molecule has 0 heterocycles. The molecule has 0 spiro atoms. The summed E-state index contributed by atoms with van der Waals surface area (Å²) in [5.41, 5.74) is 3.89. The van der Waals surface area contributed by atoms with E-state index in [0.717, 1.165) is 17.6 Å². The van der Waals surface area contributed by atoms with E-state index in [1.807, 2.05) is 7.05 Å². The second-order valence-electron chi connectivity index (χ2n) is 4.65.